The van der Waals surface area contributed by atoms with Gasteiger partial charge in [0.1, 0.15) is 0 Å². The monoisotopic (exact) mass is 220 g/mol. The first-order chi connectivity index (χ1) is 7.47. The molecule has 92 valence electrons. The molecule has 0 radical (unpaired) electrons. The second-order valence-corrected chi connectivity index (χ2v) is 5.01. The van der Waals surface area contributed by atoms with E-state index >= 15 is 0 Å². The van der Waals surface area contributed by atoms with Crippen LogP contribution in [0.15, 0.2) is 24.3 Å². The molecule has 0 amide bonds. The van der Waals surface area contributed by atoms with E-state index in [1.165, 1.54) is 17.5 Å². The number of hydrogen-bond acceptors (Lipinski definition) is 0. The Morgan fingerprint density at radius 2 is 1.44 bits per heavy atom. The summed E-state index contributed by atoms with van der Waals surface area (Å²) in [6.45, 7) is 15.3. The van der Waals surface area contributed by atoms with E-state index in [-0.39, 0.29) is 0 Å². The lowest BCUT2D eigenvalue weighted by molar-refractivity contribution is 0.506. The van der Waals surface area contributed by atoms with E-state index in [1.54, 1.807) is 0 Å². The third kappa shape index (κ3) is 4.00. The summed E-state index contributed by atoms with van der Waals surface area (Å²) in [5.74, 6) is 0.633. The van der Waals surface area contributed by atoms with Crippen molar-refractivity contribution < 1.29 is 0 Å². The van der Waals surface area contributed by atoms with Crippen molar-refractivity contribution in [3.05, 3.63) is 35.4 Å². The van der Waals surface area contributed by atoms with Crippen LogP contribution in [-0.2, 0) is 5.41 Å². The molecule has 0 nitrogen and oxygen atoms in total. The summed E-state index contributed by atoms with van der Waals surface area (Å²) in [6.07, 6.45) is 1.19. The first kappa shape index (κ1) is 15.2. The molecule has 1 aromatic rings. The molecule has 0 aliphatic heterocycles. The van der Waals surface area contributed by atoms with E-state index in [0.29, 0.717) is 11.3 Å². The predicted molar refractivity (Wildman–Crippen MR) is 75.2 cm³/mol. The van der Waals surface area contributed by atoms with Gasteiger partial charge in [-0.3, -0.25) is 0 Å². The molecule has 0 saturated carbocycles. The van der Waals surface area contributed by atoms with E-state index in [9.17, 15) is 0 Å². The molecule has 1 aromatic carbocycles. The Morgan fingerprint density at radius 3 is 1.75 bits per heavy atom. The van der Waals surface area contributed by atoms with Crippen LogP contribution in [0.4, 0.5) is 0 Å². The molecule has 16 heavy (non-hydrogen) atoms. The maximum absolute atomic E-state index is 2.30. The standard InChI is InChI=1S/C14H22.C2H6/c1-6-14(4,5)13-9-7-12(8-10-13)11(2)3;1-2/h7-11H,6H2,1-5H3;1-2H3. The molecule has 0 spiro atoms. The van der Waals surface area contributed by atoms with E-state index < -0.39 is 0 Å². The van der Waals surface area contributed by atoms with Gasteiger partial charge in [-0.2, -0.15) is 0 Å². The molecule has 0 atom stereocenters. The van der Waals surface area contributed by atoms with Gasteiger partial charge >= 0.3 is 0 Å². The van der Waals surface area contributed by atoms with Gasteiger partial charge in [-0.25, -0.2) is 0 Å². The van der Waals surface area contributed by atoms with E-state index in [4.69, 9.17) is 0 Å². The van der Waals surface area contributed by atoms with Crippen LogP contribution >= 0.6 is 0 Å². The molecule has 0 aromatic heterocycles. The van der Waals surface area contributed by atoms with E-state index in [2.05, 4.69) is 58.9 Å². The molecular formula is C16H28. The summed E-state index contributed by atoms with van der Waals surface area (Å²) in [7, 11) is 0. The largest absolute Gasteiger partial charge is 0.0683 e. The predicted octanol–water partition coefficient (Wildman–Crippen LogP) is 5.52. The van der Waals surface area contributed by atoms with Crippen molar-refractivity contribution in [3.8, 4) is 0 Å². The third-order valence-corrected chi connectivity index (χ3v) is 3.24. The van der Waals surface area contributed by atoms with Crippen molar-refractivity contribution in [3.63, 3.8) is 0 Å². The van der Waals surface area contributed by atoms with Crippen LogP contribution in [0.1, 0.15) is 71.9 Å². The Bertz CT molecular complexity index is 277. The average Bonchev–Trinajstić information content (AvgIpc) is 2.32. The van der Waals surface area contributed by atoms with Crippen molar-refractivity contribution in [1.29, 1.82) is 0 Å². The second kappa shape index (κ2) is 6.73. The second-order valence-electron chi connectivity index (χ2n) is 5.01. The quantitative estimate of drug-likeness (QED) is 0.629. The van der Waals surface area contributed by atoms with Gasteiger partial charge in [0.2, 0.25) is 0 Å². The minimum atomic E-state index is 0.315. The highest BCUT2D eigenvalue weighted by Gasteiger charge is 2.17. The Kier molecular flexibility index (Phi) is 6.40. The lowest BCUT2D eigenvalue weighted by Gasteiger charge is -2.23. The van der Waals surface area contributed by atoms with Gasteiger partial charge in [-0.15, -0.1) is 0 Å². The summed E-state index contributed by atoms with van der Waals surface area (Å²) in [5.41, 5.74) is 3.19. The van der Waals surface area contributed by atoms with Crippen molar-refractivity contribution in [2.45, 2.75) is 66.2 Å². The van der Waals surface area contributed by atoms with Crippen LogP contribution in [0.5, 0.6) is 0 Å². The van der Waals surface area contributed by atoms with Crippen LogP contribution in [0, 0.1) is 0 Å². The van der Waals surface area contributed by atoms with Gasteiger partial charge in [0, 0.05) is 0 Å². The van der Waals surface area contributed by atoms with Gasteiger partial charge in [-0.1, -0.05) is 72.7 Å². The lowest BCUT2D eigenvalue weighted by Crippen LogP contribution is -2.15. The average molecular weight is 220 g/mol. The molecule has 0 unspecified atom stereocenters. The highest BCUT2D eigenvalue weighted by Crippen LogP contribution is 2.27. The van der Waals surface area contributed by atoms with Gasteiger partial charge in [0.25, 0.3) is 0 Å². The summed E-state index contributed by atoms with van der Waals surface area (Å²) < 4.78 is 0. The van der Waals surface area contributed by atoms with Gasteiger partial charge in [0.05, 0.1) is 0 Å². The fourth-order valence-corrected chi connectivity index (χ4v) is 1.52. The molecule has 0 bridgehead atoms. The molecule has 0 saturated heterocycles. The van der Waals surface area contributed by atoms with Gasteiger partial charge < -0.3 is 0 Å². The first-order valence-electron chi connectivity index (χ1n) is 6.58. The van der Waals surface area contributed by atoms with Crippen molar-refractivity contribution in [2.24, 2.45) is 0 Å². The fourth-order valence-electron chi connectivity index (χ4n) is 1.52. The topological polar surface area (TPSA) is 0 Å². The van der Waals surface area contributed by atoms with E-state index in [0.717, 1.165) is 0 Å². The summed E-state index contributed by atoms with van der Waals surface area (Å²) in [4.78, 5) is 0. The van der Waals surface area contributed by atoms with Crippen LogP contribution in [0.3, 0.4) is 0 Å². The van der Waals surface area contributed by atoms with Gasteiger partial charge in [0.15, 0.2) is 0 Å². The fraction of sp³-hybridized carbons (Fsp3) is 0.625. The van der Waals surface area contributed by atoms with Crippen LogP contribution < -0.4 is 0 Å². The number of hydrogen-bond donors (Lipinski definition) is 0. The zero-order valence-corrected chi connectivity index (χ0v) is 12.1. The molecule has 0 fully saturated rings. The van der Waals surface area contributed by atoms with Crippen molar-refractivity contribution >= 4 is 0 Å². The third-order valence-electron chi connectivity index (χ3n) is 3.24. The number of benzene rings is 1. The van der Waals surface area contributed by atoms with E-state index in [1.807, 2.05) is 13.8 Å². The first-order valence-corrected chi connectivity index (χ1v) is 6.58. The summed E-state index contributed by atoms with van der Waals surface area (Å²) >= 11 is 0. The Morgan fingerprint density at radius 1 is 1.00 bits per heavy atom. The van der Waals surface area contributed by atoms with Crippen LogP contribution in [-0.4, -0.2) is 0 Å². The van der Waals surface area contributed by atoms with Crippen LogP contribution in [0.2, 0.25) is 0 Å². The molecule has 0 aliphatic carbocycles. The lowest BCUT2D eigenvalue weighted by atomic mass is 9.81. The Balaban J connectivity index is 0.00000106. The normalized spacial score (nSPS) is 11.0. The number of rotatable bonds is 3. The molecular weight excluding hydrogens is 192 g/mol. The summed E-state index contributed by atoms with van der Waals surface area (Å²) in [6, 6.07) is 9.08. The van der Waals surface area contributed by atoms with Crippen molar-refractivity contribution in [1.82, 2.24) is 0 Å². The van der Waals surface area contributed by atoms with Crippen molar-refractivity contribution in [2.75, 3.05) is 0 Å². The molecule has 0 aliphatic rings. The Labute approximate surface area is 102 Å². The SMILES string of the molecule is CC.CCC(C)(C)c1ccc(C(C)C)cc1. The van der Waals surface area contributed by atoms with Gasteiger partial charge in [-0.05, 0) is 28.9 Å². The zero-order valence-electron chi connectivity index (χ0n) is 12.1. The molecule has 1 rings (SSSR count). The highest BCUT2D eigenvalue weighted by molar-refractivity contribution is 5.29. The Hall–Kier alpha value is -0.780. The van der Waals surface area contributed by atoms with Crippen LogP contribution in [0.25, 0.3) is 0 Å². The molecule has 0 heteroatoms. The molecule has 0 heterocycles. The smallest absolute Gasteiger partial charge is 0.0106 e. The minimum Gasteiger partial charge on any atom is -0.0683 e. The maximum Gasteiger partial charge on any atom is -0.0106 e. The summed E-state index contributed by atoms with van der Waals surface area (Å²) in [5, 5.41) is 0. The maximum atomic E-state index is 2.30. The highest BCUT2D eigenvalue weighted by atomic mass is 14.2. The minimum absolute atomic E-state index is 0.315. The molecule has 0 N–H and O–H groups in total. The zero-order chi connectivity index (χ0) is 12.8.